The molecule has 0 spiro atoms. The number of likely N-dealkylation sites (N-methyl/N-ethyl adjacent to an activating group) is 2. The van der Waals surface area contributed by atoms with Crippen molar-refractivity contribution in [3.63, 3.8) is 0 Å². The number of nitrogens with zero attached hydrogens (tertiary/aromatic N) is 4. The Balaban J connectivity index is 1.53. The van der Waals surface area contributed by atoms with Gasteiger partial charge in [-0.3, -0.25) is 91.1 Å². The lowest BCUT2D eigenvalue weighted by Gasteiger charge is -2.34. The largest absolute Gasteiger partial charge is 0.459 e. The first-order valence-corrected chi connectivity index (χ1v) is 40.2. The molecule has 2 saturated heterocycles. The normalized spacial score (nSPS) is 20.7. The fourth-order valence-electron chi connectivity index (χ4n) is 13.5. The summed E-state index contributed by atoms with van der Waals surface area (Å²) in [5.74, 6) is -22.3. The molecule has 2 aromatic carbocycles. The number of primary amides is 2. The predicted molar refractivity (Wildman–Crippen MR) is 425 cm³/mol. The van der Waals surface area contributed by atoms with Crippen LogP contribution in [0.1, 0.15) is 131 Å². The summed E-state index contributed by atoms with van der Waals surface area (Å²) in [7, 11) is -3.43. The average molecular weight is 1680 g/mol. The molecule has 1 aromatic heterocycles. The smallest absolute Gasteiger partial charge is 0.325 e. The molecule has 650 valence electrons. The number of aromatic nitrogens is 1. The van der Waals surface area contributed by atoms with Gasteiger partial charge in [-0.2, -0.15) is 8.42 Å². The standard InChI is InChI=1S/C76H113N19O22S/c1-38(2)29-50-68(106)91-62(42(8)97)72(110)88-53(33-59(78)100)73(111)93(10)35-60(101)117-43(9)63(75(113)94(11)55(70(108)86-50)25-26-58(77)99)92-69(107)54(36-118(114,115)116)89-66(104)49(23-17-27-81-76(79)80)84-67(105)51(31-45-34-82-48-22-16-15-21-46(45)48)85-65(103)47(39(3)4)32-57(98)61(40(5)6)90-71(109)56-24-18-28-95(56)74(112)52(30-44-19-13-12-14-20-44)87-64(102)41(7)83-37-96/h12-16,19-22,34,37-43,47,49-56,61-63,82,97H,17-18,23-33,35-36H2,1-11H3,(H2,77,99)(H2,78,100)(H,83,96)(H,84,105)(H,85,103)(H,86,108)(H,87,102)(H,88,110)(H,89,104)(H,90,109)(H,91,106)(H,92,107)(H4,79,80,81)(H,114,115,116)/t41-,42-,43-,47+,49+,50-,51-,52+,53+,54-,55+,56+,61-,62?,63+/m1/s1. The van der Waals surface area contributed by atoms with Crippen molar-refractivity contribution in [1.29, 1.82) is 0 Å². The Hall–Kier alpha value is -11.7. The zero-order chi connectivity index (χ0) is 88.3. The van der Waals surface area contributed by atoms with E-state index in [9.17, 15) is 80.4 Å². The Morgan fingerprint density at radius 3 is 1.92 bits per heavy atom. The monoisotopic (exact) mass is 1680 g/mol. The van der Waals surface area contributed by atoms with E-state index in [1.807, 2.05) is 0 Å². The number of rotatable bonds is 38. The van der Waals surface area contributed by atoms with Gasteiger partial charge in [-0.15, -0.1) is 0 Å². The minimum atomic E-state index is -5.42. The van der Waals surface area contributed by atoms with E-state index in [-0.39, 0.29) is 45.2 Å². The van der Waals surface area contributed by atoms with Gasteiger partial charge in [0.1, 0.15) is 84.9 Å². The third kappa shape index (κ3) is 29.5. The van der Waals surface area contributed by atoms with Crippen LogP contribution in [0, 0.1) is 23.7 Å². The molecule has 15 amide bonds. The maximum absolute atomic E-state index is 15.3. The molecule has 21 N–H and O–H groups in total. The number of aliphatic imine (C=N–C) groups is 1. The van der Waals surface area contributed by atoms with Crippen molar-refractivity contribution in [1.82, 2.24) is 72.9 Å². The van der Waals surface area contributed by atoms with E-state index < -0.39 is 263 Å². The second kappa shape index (κ2) is 45.1. The zero-order valence-electron chi connectivity index (χ0n) is 67.9. The molecule has 15 atom stereocenters. The lowest BCUT2D eigenvalue weighted by Crippen LogP contribution is -2.63. The van der Waals surface area contributed by atoms with Crippen molar-refractivity contribution in [2.45, 2.75) is 218 Å². The number of ketones is 1. The number of amides is 15. The number of aliphatic hydroxyl groups is 1. The minimum Gasteiger partial charge on any atom is -0.459 e. The van der Waals surface area contributed by atoms with E-state index in [1.54, 1.807) is 102 Å². The highest BCUT2D eigenvalue weighted by atomic mass is 32.2. The van der Waals surface area contributed by atoms with E-state index in [1.165, 1.54) is 11.8 Å². The second-order valence-corrected chi connectivity index (χ2v) is 32.1. The van der Waals surface area contributed by atoms with Crippen LogP contribution >= 0.6 is 0 Å². The second-order valence-electron chi connectivity index (χ2n) is 30.6. The van der Waals surface area contributed by atoms with Crippen LogP contribution in [0.3, 0.4) is 0 Å². The molecule has 3 aromatic rings. The molecule has 41 nitrogen and oxygen atoms in total. The van der Waals surface area contributed by atoms with Crippen molar-refractivity contribution in [3.8, 4) is 0 Å². The number of Topliss-reactive ketones (excluding diaryl/α,β-unsaturated/α-hetero) is 1. The average Bonchev–Trinajstić information content (AvgIpc) is 1.72. The molecule has 0 bridgehead atoms. The number of nitrogens with one attached hydrogen (secondary N) is 11. The number of hydrogen-bond donors (Lipinski definition) is 17. The first kappa shape index (κ1) is 96.9. The molecular formula is C76H113N19O22S. The summed E-state index contributed by atoms with van der Waals surface area (Å²) in [5, 5.41) is 35.9. The first-order valence-electron chi connectivity index (χ1n) is 38.6. The van der Waals surface area contributed by atoms with Crippen LogP contribution in [0.25, 0.3) is 10.9 Å². The molecule has 1 unspecified atom stereocenters. The van der Waals surface area contributed by atoms with Crippen LogP contribution in [0.5, 0.6) is 0 Å². The number of nitrogens with two attached hydrogens (primary N) is 4. The van der Waals surface area contributed by atoms with Gasteiger partial charge in [0.2, 0.25) is 89.1 Å². The molecular weight excluding hydrogens is 1560 g/mol. The van der Waals surface area contributed by atoms with Crippen molar-refractivity contribution in [2.24, 2.45) is 51.6 Å². The highest BCUT2D eigenvalue weighted by Gasteiger charge is 2.45. The van der Waals surface area contributed by atoms with Gasteiger partial charge in [-0.25, -0.2) is 0 Å². The minimum absolute atomic E-state index is 0.0223. The molecule has 2 aliphatic heterocycles. The lowest BCUT2D eigenvalue weighted by atomic mass is 9.85. The van der Waals surface area contributed by atoms with E-state index in [0.29, 0.717) is 44.7 Å². The zero-order valence-corrected chi connectivity index (χ0v) is 68.7. The number of likely N-dealkylation sites (tertiary alicyclic amines) is 1. The summed E-state index contributed by atoms with van der Waals surface area (Å²) < 4.78 is 42.1. The lowest BCUT2D eigenvalue weighted by molar-refractivity contribution is -0.158. The highest BCUT2D eigenvalue weighted by Crippen LogP contribution is 2.26. The summed E-state index contributed by atoms with van der Waals surface area (Å²) in [6.07, 6.45) is -5.10. The van der Waals surface area contributed by atoms with Crippen molar-refractivity contribution in [2.75, 3.05) is 39.5 Å². The summed E-state index contributed by atoms with van der Waals surface area (Å²) >= 11 is 0. The number of hydrogen-bond acceptors (Lipinski definition) is 22. The first-order chi connectivity index (χ1) is 55.3. The molecule has 118 heavy (non-hydrogen) atoms. The maximum atomic E-state index is 15.3. The SMILES string of the molecule is CC(C)C[C@H]1NC(=O)[C@H](CCC(N)=O)N(C)C(=O)[C@@H](NC(=O)[C@@H](CS(=O)(=O)O)NC(=O)[C@H](CCCN=C(N)N)NC(=O)[C@@H](Cc2c[nH]c3ccccc23)NC(=O)[C@@H](CC(=O)[C@H](NC(=O)[C@@H]2CCCN2C(=O)[C@H](Cc2ccccc2)NC(=O)[C@@H](C)NC=O)C(C)C)C(C)C)[C@@H](C)OC(=O)CN(C)C(=O)[C@H](CC(N)=O)NC(=O)C([C@@H](C)O)NC1=O. The van der Waals surface area contributed by atoms with Gasteiger partial charge in [-0.1, -0.05) is 90.1 Å². The number of aliphatic hydroxyl groups excluding tert-OH is 1. The fourth-order valence-corrected chi connectivity index (χ4v) is 14.2. The molecule has 2 aliphatic rings. The number of esters is 1. The number of carbonyl (C=O) groups is 17. The Bertz CT molecular complexity index is 4270. The number of para-hydroxylation sites is 1. The molecule has 3 heterocycles. The van der Waals surface area contributed by atoms with E-state index >= 15 is 19.2 Å². The van der Waals surface area contributed by atoms with Gasteiger partial charge >= 0.3 is 5.97 Å². The molecule has 0 radical (unpaired) electrons. The summed E-state index contributed by atoms with van der Waals surface area (Å²) in [5.41, 5.74) is 23.9. The van der Waals surface area contributed by atoms with Crippen LogP contribution < -0.4 is 76.1 Å². The Morgan fingerprint density at radius 2 is 1.32 bits per heavy atom. The number of carbonyl (C=O) groups excluding carboxylic acids is 17. The number of ether oxygens (including phenoxy) is 1. The van der Waals surface area contributed by atoms with Crippen LogP contribution in [0.2, 0.25) is 0 Å². The number of benzene rings is 2. The van der Waals surface area contributed by atoms with Crippen LogP contribution in [-0.4, -0.2) is 269 Å². The molecule has 2 fully saturated rings. The molecule has 0 aliphatic carbocycles. The number of cyclic esters (lactones) is 1. The number of guanidine groups is 1. The number of H-pyrrole nitrogens is 1. The third-order valence-corrected chi connectivity index (χ3v) is 20.7. The third-order valence-electron chi connectivity index (χ3n) is 19.9. The van der Waals surface area contributed by atoms with Gasteiger partial charge in [-0.05, 0) is 94.2 Å². The Labute approximate surface area is 682 Å². The molecule has 42 heteroatoms. The van der Waals surface area contributed by atoms with Crippen molar-refractivity contribution in [3.05, 3.63) is 71.9 Å². The van der Waals surface area contributed by atoms with Gasteiger partial charge in [0.05, 0.1) is 18.6 Å². The van der Waals surface area contributed by atoms with Crippen LogP contribution in [0.4, 0.5) is 0 Å². The summed E-state index contributed by atoms with van der Waals surface area (Å²) in [6.45, 7) is 12.2. The molecule has 0 saturated carbocycles. The maximum Gasteiger partial charge on any atom is 0.325 e. The van der Waals surface area contributed by atoms with Gasteiger partial charge in [0.25, 0.3) is 10.1 Å². The topological polar surface area (TPSA) is 636 Å². The van der Waals surface area contributed by atoms with Crippen molar-refractivity contribution < 1.29 is 104 Å². The number of fused-ring (bicyclic) bond motifs is 1. The summed E-state index contributed by atoms with van der Waals surface area (Å²) in [4.78, 5) is 249. The summed E-state index contributed by atoms with van der Waals surface area (Å²) in [6, 6.07) is -4.55. The van der Waals surface area contributed by atoms with Gasteiger partial charge in [0, 0.05) is 75.9 Å². The predicted octanol–water partition coefficient (Wildman–Crippen LogP) is -4.93. The quantitative estimate of drug-likeness (QED) is 0.00638. The Kier molecular flexibility index (Phi) is 37.1. The van der Waals surface area contributed by atoms with Crippen molar-refractivity contribution >= 4 is 128 Å². The molecule has 5 rings (SSSR count). The number of aromatic amines is 1. The fraction of sp³-hybridized carbons (Fsp3) is 0.579. The van der Waals surface area contributed by atoms with Gasteiger partial charge < -0.3 is 106 Å². The van der Waals surface area contributed by atoms with E-state index in [0.717, 1.165) is 27.9 Å². The van der Waals surface area contributed by atoms with Crippen LogP contribution in [0.15, 0.2) is 65.8 Å². The van der Waals surface area contributed by atoms with Gasteiger partial charge in [0.15, 0.2) is 11.7 Å². The van der Waals surface area contributed by atoms with Crippen LogP contribution in [-0.2, 0) is 109 Å². The highest BCUT2D eigenvalue weighted by molar-refractivity contribution is 7.85. The Morgan fingerprint density at radius 1 is 0.703 bits per heavy atom. The van der Waals surface area contributed by atoms with E-state index in [4.69, 9.17) is 27.7 Å². The van der Waals surface area contributed by atoms with E-state index in [2.05, 4.69) is 63.1 Å².